The minimum Gasteiger partial charge on any atom is -0.493 e. The van der Waals surface area contributed by atoms with Gasteiger partial charge >= 0.3 is 6.36 Å². The van der Waals surface area contributed by atoms with Crippen molar-refractivity contribution in [1.82, 2.24) is 14.6 Å². The minimum absolute atomic E-state index is 0.302. The van der Waals surface area contributed by atoms with Crippen molar-refractivity contribution < 1.29 is 32.1 Å². The Balaban J connectivity index is 1.82. The summed E-state index contributed by atoms with van der Waals surface area (Å²) in [7, 11) is 4.45. The maximum Gasteiger partial charge on any atom is 0.573 e. The number of nitrogens with one attached hydrogen (secondary N) is 2. The van der Waals surface area contributed by atoms with Gasteiger partial charge in [0.05, 0.1) is 21.3 Å². The number of anilines is 2. The zero-order valence-electron chi connectivity index (χ0n) is 18.1. The summed E-state index contributed by atoms with van der Waals surface area (Å²) in [5, 5.41) is 15.5. The third-order valence-corrected chi connectivity index (χ3v) is 4.87. The Kier molecular flexibility index (Phi) is 5.85. The van der Waals surface area contributed by atoms with E-state index < -0.39 is 6.36 Å². The van der Waals surface area contributed by atoms with Crippen molar-refractivity contribution >= 4 is 17.2 Å². The topological polar surface area (TPSA) is 106 Å². The van der Waals surface area contributed by atoms with E-state index in [2.05, 4.69) is 26.2 Å². The van der Waals surface area contributed by atoms with Crippen LogP contribution in [0.3, 0.4) is 0 Å². The van der Waals surface area contributed by atoms with Gasteiger partial charge in [-0.3, -0.25) is 5.10 Å². The van der Waals surface area contributed by atoms with Crippen molar-refractivity contribution in [3.63, 3.8) is 0 Å². The monoisotopic (exact) mass is 473 g/mol. The molecule has 0 saturated heterocycles. The second-order valence-corrected chi connectivity index (χ2v) is 6.88. The molecule has 0 aliphatic heterocycles. The number of ether oxygens (including phenoxy) is 4. The van der Waals surface area contributed by atoms with Crippen LogP contribution in [-0.2, 0) is 0 Å². The number of nitriles is 1. The van der Waals surface area contributed by atoms with E-state index in [-0.39, 0.29) is 5.75 Å². The highest BCUT2D eigenvalue weighted by Gasteiger charge is 2.31. The number of alkyl halides is 3. The average Bonchev–Trinajstić information content (AvgIpc) is 3.38. The summed E-state index contributed by atoms with van der Waals surface area (Å²) in [5.41, 5.74) is 2.12. The van der Waals surface area contributed by atoms with E-state index in [4.69, 9.17) is 14.2 Å². The highest BCUT2D eigenvalue weighted by molar-refractivity contribution is 5.83. The van der Waals surface area contributed by atoms with Gasteiger partial charge in [0.2, 0.25) is 5.75 Å². The molecule has 2 N–H and O–H groups in total. The number of hydrogen-bond acceptors (Lipinski definition) is 7. The van der Waals surface area contributed by atoms with E-state index in [1.54, 1.807) is 16.6 Å². The van der Waals surface area contributed by atoms with Gasteiger partial charge in [0, 0.05) is 17.4 Å². The quantitative estimate of drug-likeness (QED) is 0.395. The molecule has 0 aliphatic rings. The molecule has 176 valence electrons. The Hall–Kier alpha value is -4.53. The Morgan fingerprint density at radius 2 is 1.68 bits per heavy atom. The van der Waals surface area contributed by atoms with Crippen molar-refractivity contribution in [3.8, 4) is 40.3 Å². The average molecular weight is 473 g/mol. The van der Waals surface area contributed by atoms with Gasteiger partial charge in [-0.1, -0.05) is 0 Å². The lowest BCUT2D eigenvalue weighted by Crippen LogP contribution is -2.17. The molecule has 0 atom stereocenters. The molecule has 0 bridgehead atoms. The molecule has 0 spiro atoms. The molecule has 0 radical (unpaired) electrons. The van der Waals surface area contributed by atoms with E-state index in [0.29, 0.717) is 51.2 Å². The molecule has 0 amide bonds. The molecule has 12 heteroatoms. The van der Waals surface area contributed by atoms with Gasteiger partial charge in [0.1, 0.15) is 23.1 Å². The summed E-state index contributed by atoms with van der Waals surface area (Å²) in [6.07, 6.45) is -3.29. The molecule has 2 aromatic heterocycles. The van der Waals surface area contributed by atoms with Crippen LogP contribution in [0.2, 0.25) is 0 Å². The molecule has 0 aliphatic carbocycles. The summed E-state index contributed by atoms with van der Waals surface area (Å²) in [5.74, 6) is 1.26. The van der Waals surface area contributed by atoms with E-state index >= 15 is 0 Å². The van der Waals surface area contributed by atoms with Gasteiger partial charge in [-0.05, 0) is 36.4 Å². The Morgan fingerprint density at radius 1 is 1.03 bits per heavy atom. The van der Waals surface area contributed by atoms with Crippen LogP contribution in [0.25, 0.3) is 16.9 Å². The smallest absolute Gasteiger partial charge is 0.493 e. The predicted octanol–water partition coefficient (Wildman–Crippen LogP) is 4.87. The van der Waals surface area contributed by atoms with E-state index in [9.17, 15) is 18.4 Å². The number of aromatic amines is 1. The number of halogens is 3. The number of aromatic nitrogens is 3. The lowest BCUT2D eigenvalue weighted by atomic mass is 10.1. The van der Waals surface area contributed by atoms with Gasteiger partial charge in [0.25, 0.3) is 0 Å². The van der Waals surface area contributed by atoms with Crippen LogP contribution < -0.4 is 24.3 Å². The molecule has 0 saturated carbocycles. The largest absolute Gasteiger partial charge is 0.573 e. The third-order valence-electron chi connectivity index (χ3n) is 4.87. The van der Waals surface area contributed by atoms with Crippen LogP contribution >= 0.6 is 0 Å². The van der Waals surface area contributed by atoms with Crippen LogP contribution in [0.5, 0.6) is 23.0 Å². The molecule has 4 aromatic rings. The normalized spacial score (nSPS) is 11.2. The fourth-order valence-corrected chi connectivity index (χ4v) is 3.41. The van der Waals surface area contributed by atoms with Crippen LogP contribution in [-0.4, -0.2) is 42.3 Å². The number of methoxy groups -OCH3 is 3. The molecular formula is C22H18F3N5O4. The molecule has 9 nitrogen and oxygen atoms in total. The highest BCUT2D eigenvalue weighted by atomic mass is 19.4. The minimum atomic E-state index is -4.79. The second-order valence-electron chi connectivity index (χ2n) is 6.88. The molecule has 2 aromatic carbocycles. The second kappa shape index (κ2) is 8.78. The SMILES string of the molecule is COc1cc(-c2nc3c(C#N)c[nH]n3c2Nc2ccc(OC(F)(F)F)cc2)cc(OC)c1OC. The number of H-pyrrole nitrogens is 1. The van der Waals surface area contributed by atoms with Gasteiger partial charge in [0.15, 0.2) is 23.0 Å². The van der Waals surface area contributed by atoms with Crippen LogP contribution in [0.4, 0.5) is 24.7 Å². The lowest BCUT2D eigenvalue weighted by molar-refractivity contribution is -0.274. The molecule has 0 unspecified atom stereocenters. The summed E-state index contributed by atoms with van der Waals surface area (Å²) >= 11 is 0. The van der Waals surface area contributed by atoms with Gasteiger partial charge < -0.3 is 24.3 Å². The number of benzene rings is 2. The fourth-order valence-electron chi connectivity index (χ4n) is 3.41. The molecular weight excluding hydrogens is 455 g/mol. The third kappa shape index (κ3) is 4.23. The molecule has 4 rings (SSSR count). The van der Waals surface area contributed by atoms with Gasteiger partial charge in [-0.25, -0.2) is 9.50 Å². The number of fused-ring (bicyclic) bond motifs is 1. The number of hydrogen-bond donors (Lipinski definition) is 2. The first kappa shape index (κ1) is 22.7. The maximum atomic E-state index is 12.5. The van der Waals surface area contributed by atoms with Crippen LogP contribution in [0.15, 0.2) is 42.6 Å². The van der Waals surface area contributed by atoms with Crippen molar-refractivity contribution in [2.75, 3.05) is 26.6 Å². The first-order valence-electron chi connectivity index (χ1n) is 9.71. The lowest BCUT2D eigenvalue weighted by Gasteiger charge is -2.14. The van der Waals surface area contributed by atoms with Crippen molar-refractivity contribution in [2.45, 2.75) is 6.36 Å². The van der Waals surface area contributed by atoms with Crippen LogP contribution in [0, 0.1) is 11.3 Å². The van der Waals surface area contributed by atoms with E-state index in [1.807, 2.05) is 0 Å². The van der Waals surface area contributed by atoms with Crippen molar-refractivity contribution in [3.05, 3.63) is 48.2 Å². The zero-order chi connectivity index (χ0) is 24.5. The number of imidazole rings is 1. The molecule has 2 heterocycles. The van der Waals surface area contributed by atoms with E-state index in [1.165, 1.54) is 51.8 Å². The predicted molar refractivity (Wildman–Crippen MR) is 116 cm³/mol. The summed E-state index contributed by atoms with van der Waals surface area (Å²) in [6, 6.07) is 10.7. The maximum absolute atomic E-state index is 12.5. The fraction of sp³-hybridized carbons (Fsp3) is 0.182. The first-order chi connectivity index (χ1) is 16.3. The number of rotatable bonds is 7. The van der Waals surface area contributed by atoms with Crippen molar-refractivity contribution in [1.29, 1.82) is 5.26 Å². The molecule has 34 heavy (non-hydrogen) atoms. The first-order valence-corrected chi connectivity index (χ1v) is 9.71. The summed E-state index contributed by atoms with van der Waals surface area (Å²) in [4.78, 5) is 4.60. The Bertz CT molecular complexity index is 1350. The Morgan fingerprint density at radius 3 is 2.21 bits per heavy atom. The van der Waals surface area contributed by atoms with Gasteiger partial charge in [-0.15, -0.1) is 13.2 Å². The van der Waals surface area contributed by atoms with Gasteiger partial charge in [-0.2, -0.15) is 5.26 Å². The highest BCUT2D eigenvalue weighted by Crippen LogP contribution is 2.43. The van der Waals surface area contributed by atoms with Crippen LogP contribution in [0.1, 0.15) is 5.56 Å². The summed E-state index contributed by atoms with van der Waals surface area (Å²) in [6.45, 7) is 0. The van der Waals surface area contributed by atoms with E-state index in [0.717, 1.165) is 0 Å². The standard InChI is InChI=1S/C22H18F3N5O4/c1-31-16-8-12(9-17(32-2)19(16)33-3)18-21(30-20(29-18)13(10-26)11-27-30)28-14-4-6-15(7-5-14)34-22(23,24)25/h4-9,11,27-28H,1-3H3. The number of nitrogens with zero attached hydrogens (tertiary/aromatic N) is 3. The molecule has 0 fully saturated rings. The zero-order valence-corrected chi connectivity index (χ0v) is 18.1. The summed E-state index contributed by atoms with van der Waals surface area (Å²) < 4.78 is 59.1. The Labute approximate surface area is 191 Å². The van der Waals surface area contributed by atoms with Crippen molar-refractivity contribution in [2.24, 2.45) is 0 Å².